The van der Waals surface area contributed by atoms with Crippen LogP contribution in [0.1, 0.15) is 46.5 Å². The average Bonchev–Trinajstić information content (AvgIpc) is 2.15. The number of carbonyl (C=O) groups excluding carboxylic acids is 1. The first-order valence-corrected chi connectivity index (χ1v) is 8.11. The Morgan fingerprint density at radius 1 is 1.26 bits per heavy atom. The maximum absolute atomic E-state index is 11.6. The second-order valence-corrected chi connectivity index (χ2v) is 7.61. The molecular formula is C12H23NO5S. The summed E-state index contributed by atoms with van der Waals surface area (Å²) >= 11 is 0. The van der Waals surface area contributed by atoms with Gasteiger partial charge in [-0.05, 0) is 52.4 Å². The van der Waals surface area contributed by atoms with Crippen molar-refractivity contribution < 1.29 is 22.5 Å². The fraction of sp³-hybridized carbons (Fsp3) is 0.917. The number of alkyl carbamates (subject to hydrolysis) is 1. The molecular weight excluding hydrogens is 270 g/mol. The van der Waals surface area contributed by atoms with Crippen LogP contribution in [0, 0.1) is 5.92 Å². The molecule has 1 aliphatic carbocycles. The van der Waals surface area contributed by atoms with Crippen LogP contribution >= 0.6 is 0 Å². The highest BCUT2D eigenvalue weighted by Crippen LogP contribution is 2.25. The van der Waals surface area contributed by atoms with Crippen LogP contribution in [0.5, 0.6) is 0 Å². The summed E-state index contributed by atoms with van der Waals surface area (Å²) < 4.78 is 35.5. The van der Waals surface area contributed by atoms with Gasteiger partial charge in [0, 0.05) is 6.04 Å². The molecule has 0 heterocycles. The van der Waals surface area contributed by atoms with Gasteiger partial charge in [0.15, 0.2) is 0 Å². The predicted molar refractivity (Wildman–Crippen MR) is 71.5 cm³/mol. The summed E-state index contributed by atoms with van der Waals surface area (Å²) in [6.07, 6.45) is 2.34. The minimum Gasteiger partial charge on any atom is -0.444 e. The molecule has 1 rings (SSSR count). The van der Waals surface area contributed by atoms with Gasteiger partial charge >= 0.3 is 6.09 Å². The van der Waals surface area contributed by atoms with Crippen LogP contribution in [-0.2, 0) is 14.9 Å². The first kappa shape index (κ1) is 16.2. The van der Waals surface area contributed by atoms with E-state index in [4.69, 9.17) is 9.29 Å². The van der Waals surface area contributed by atoms with Gasteiger partial charge in [0.25, 0.3) is 10.1 Å². The summed E-state index contributed by atoms with van der Waals surface area (Å²) in [7, 11) is -3.90. The maximum Gasteiger partial charge on any atom is 0.407 e. The molecule has 0 aromatic rings. The van der Waals surface area contributed by atoms with Gasteiger partial charge in [0.1, 0.15) is 5.60 Å². The minimum atomic E-state index is -3.90. The largest absolute Gasteiger partial charge is 0.444 e. The summed E-state index contributed by atoms with van der Waals surface area (Å²) in [6, 6.07) is 0.0208. The van der Waals surface area contributed by atoms with Gasteiger partial charge in [-0.15, -0.1) is 0 Å². The lowest BCUT2D eigenvalue weighted by Crippen LogP contribution is -2.41. The topological polar surface area (TPSA) is 92.7 Å². The van der Waals surface area contributed by atoms with Crippen molar-refractivity contribution in [3.05, 3.63) is 0 Å². The van der Waals surface area contributed by atoms with Gasteiger partial charge in [-0.1, -0.05) is 0 Å². The summed E-state index contributed by atoms with van der Waals surface area (Å²) in [4.78, 5) is 11.6. The third-order valence-corrected chi connectivity index (χ3v) is 3.91. The van der Waals surface area contributed by atoms with E-state index in [2.05, 4.69) is 5.32 Å². The van der Waals surface area contributed by atoms with E-state index < -0.39 is 21.8 Å². The molecule has 0 bridgehead atoms. The Hall–Kier alpha value is -0.820. The van der Waals surface area contributed by atoms with E-state index in [1.807, 2.05) is 0 Å². The molecule has 0 aromatic heterocycles. The zero-order valence-corrected chi connectivity index (χ0v) is 12.5. The standard InChI is InChI=1S/C12H23NO5S/c1-12(2,3)18-11(14)13-10-6-4-9(5-7-10)8-19(15,16)17/h9-10H,4-8H2,1-3H3,(H,13,14)(H,15,16,17). The van der Waals surface area contributed by atoms with E-state index in [9.17, 15) is 13.2 Å². The van der Waals surface area contributed by atoms with Gasteiger partial charge in [0.05, 0.1) is 5.75 Å². The molecule has 0 aromatic carbocycles. The van der Waals surface area contributed by atoms with Crippen LogP contribution < -0.4 is 5.32 Å². The fourth-order valence-corrected chi connectivity index (χ4v) is 3.17. The first-order valence-electron chi connectivity index (χ1n) is 6.50. The predicted octanol–water partition coefficient (Wildman–Crippen LogP) is 1.96. The van der Waals surface area contributed by atoms with Crippen LogP contribution in [0.2, 0.25) is 0 Å². The van der Waals surface area contributed by atoms with Crippen LogP contribution in [0.4, 0.5) is 4.79 Å². The molecule has 6 nitrogen and oxygen atoms in total. The Bertz CT molecular complexity index is 404. The molecule has 0 atom stereocenters. The van der Waals surface area contributed by atoms with Crippen molar-refractivity contribution in [2.45, 2.75) is 58.1 Å². The molecule has 19 heavy (non-hydrogen) atoms. The van der Waals surface area contributed by atoms with Crippen molar-refractivity contribution in [1.29, 1.82) is 0 Å². The molecule has 0 saturated heterocycles. The fourth-order valence-electron chi connectivity index (χ4n) is 2.25. The third kappa shape index (κ3) is 7.37. The smallest absolute Gasteiger partial charge is 0.407 e. The van der Waals surface area contributed by atoms with E-state index >= 15 is 0 Å². The molecule has 112 valence electrons. The van der Waals surface area contributed by atoms with E-state index in [1.54, 1.807) is 20.8 Å². The Kier molecular flexibility index (Phi) is 5.20. The summed E-state index contributed by atoms with van der Waals surface area (Å²) in [5.41, 5.74) is -0.522. The Morgan fingerprint density at radius 2 is 1.79 bits per heavy atom. The molecule has 0 spiro atoms. The normalized spacial score (nSPS) is 24.8. The van der Waals surface area contributed by atoms with Crippen LogP contribution in [0.25, 0.3) is 0 Å². The van der Waals surface area contributed by atoms with Gasteiger partial charge in [0.2, 0.25) is 0 Å². The second kappa shape index (κ2) is 6.09. The van der Waals surface area contributed by atoms with Crippen molar-refractivity contribution >= 4 is 16.2 Å². The number of nitrogens with one attached hydrogen (secondary N) is 1. The summed E-state index contributed by atoms with van der Waals surface area (Å²) in [6.45, 7) is 5.40. The molecule has 2 N–H and O–H groups in total. The van der Waals surface area contributed by atoms with Crippen molar-refractivity contribution in [2.75, 3.05) is 5.75 Å². The highest BCUT2D eigenvalue weighted by atomic mass is 32.2. The van der Waals surface area contributed by atoms with Crippen molar-refractivity contribution in [2.24, 2.45) is 5.92 Å². The molecule has 0 aliphatic heterocycles. The number of carbonyl (C=O) groups is 1. The van der Waals surface area contributed by atoms with Crippen molar-refractivity contribution in [1.82, 2.24) is 5.32 Å². The molecule has 1 amide bonds. The van der Waals surface area contributed by atoms with Crippen molar-refractivity contribution in [3.63, 3.8) is 0 Å². The maximum atomic E-state index is 11.6. The van der Waals surface area contributed by atoms with Gasteiger partial charge in [-0.3, -0.25) is 4.55 Å². The first-order chi connectivity index (χ1) is 8.55. The zero-order chi connectivity index (χ0) is 14.7. The lowest BCUT2D eigenvalue weighted by atomic mass is 9.87. The Morgan fingerprint density at radius 3 is 2.21 bits per heavy atom. The monoisotopic (exact) mass is 293 g/mol. The average molecular weight is 293 g/mol. The Balaban J connectivity index is 2.33. The van der Waals surface area contributed by atoms with Crippen LogP contribution in [0.15, 0.2) is 0 Å². The molecule has 0 radical (unpaired) electrons. The Labute approximate surface area is 114 Å². The highest BCUT2D eigenvalue weighted by molar-refractivity contribution is 7.85. The molecule has 1 fully saturated rings. The lowest BCUT2D eigenvalue weighted by Gasteiger charge is -2.29. The van der Waals surface area contributed by atoms with E-state index in [1.165, 1.54) is 0 Å². The number of hydrogen-bond acceptors (Lipinski definition) is 4. The number of ether oxygens (including phenoxy) is 1. The quantitative estimate of drug-likeness (QED) is 0.776. The van der Waals surface area contributed by atoms with Gasteiger partial charge in [-0.2, -0.15) is 8.42 Å². The van der Waals surface area contributed by atoms with E-state index in [0.717, 1.165) is 0 Å². The SMILES string of the molecule is CC(C)(C)OC(=O)NC1CCC(CS(=O)(=O)O)CC1. The molecule has 7 heteroatoms. The second-order valence-electron chi connectivity index (χ2n) is 6.11. The molecule has 1 saturated carbocycles. The summed E-state index contributed by atoms with van der Waals surface area (Å²) in [5.74, 6) is -0.210. The zero-order valence-electron chi connectivity index (χ0n) is 11.7. The van der Waals surface area contributed by atoms with Crippen molar-refractivity contribution in [3.8, 4) is 0 Å². The van der Waals surface area contributed by atoms with Crippen LogP contribution in [-0.4, -0.2) is 36.5 Å². The van der Waals surface area contributed by atoms with E-state index in [-0.39, 0.29) is 17.7 Å². The summed E-state index contributed by atoms with van der Waals surface area (Å²) in [5, 5.41) is 2.79. The number of amides is 1. The third-order valence-electron chi connectivity index (χ3n) is 3.01. The molecule has 0 unspecified atom stereocenters. The number of rotatable bonds is 3. The minimum absolute atomic E-state index is 0.0208. The van der Waals surface area contributed by atoms with Gasteiger partial charge in [-0.25, -0.2) is 4.79 Å². The van der Waals surface area contributed by atoms with Gasteiger partial charge < -0.3 is 10.1 Å². The van der Waals surface area contributed by atoms with E-state index in [0.29, 0.717) is 25.7 Å². The van der Waals surface area contributed by atoms with Crippen LogP contribution in [0.3, 0.4) is 0 Å². The number of hydrogen-bond donors (Lipinski definition) is 2. The molecule has 1 aliphatic rings. The highest BCUT2D eigenvalue weighted by Gasteiger charge is 2.26. The lowest BCUT2D eigenvalue weighted by molar-refractivity contribution is 0.0488.